The van der Waals surface area contributed by atoms with Gasteiger partial charge in [0, 0.05) is 13.6 Å². The van der Waals surface area contributed by atoms with Crippen LogP contribution in [0.4, 0.5) is 0 Å². The third-order valence-corrected chi connectivity index (χ3v) is 2.34. The summed E-state index contributed by atoms with van der Waals surface area (Å²) in [6.45, 7) is 1.57. The van der Waals surface area contributed by atoms with E-state index in [0.717, 1.165) is 4.68 Å². The molecule has 0 spiro atoms. The maximum Gasteiger partial charge on any atom is 0.345 e. The van der Waals surface area contributed by atoms with E-state index in [1.165, 1.54) is 22.8 Å². The number of aromatic nitrogens is 3. The summed E-state index contributed by atoms with van der Waals surface area (Å²) in [4.78, 5) is 35.2. The van der Waals surface area contributed by atoms with Crippen molar-refractivity contribution in [2.24, 2.45) is 7.05 Å². The lowest BCUT2D eigenvalue weighted by molar-refractivity contribution is -0.144. The molecule has 100 valence electrons. The van der Waals surface area contributed by atoms with E-state index in [9.17, 15) is 14.4 Å². The van der Waals surface area contributed by atoms with E-state index in [1.807, 2.05) is 6.92 Å². The average molecular weight is 256 g/mol. The van der Waals surface area contributed by atoms with Gasteiger partial charge < -0.3 is 10.0 Å². The Kier molecular flexibility index (Phi) is 4.64. The van der Waals surface area contributed by atoms with Gasteiger partial charge in [0.05, 0.1) is 0 Å². The molecule has 0 unspecified atom stereocenters. The Balaban J connectivity index is 2.75. The molecule has 0 radical (unpaired) electrons. The molecule has 1 rings (SSSR count). The Hall–Kier alpha value is -2.12. The van der Waals surface area contributed by atoms with Gasteiger partial charge >= 0.3 is 11.7 Å². The first kappa shape index (κ1) is 13.9. The summed E-state index contributed by atoms with van der Waals surface area (Å²) in [7, 11) is 1.53. The van der Waals surface area contributed by atoms with Crippen LogP contribution < -0.4 is 5.69 Å². The molecule has 0 saturated carbocycles. The lowest BCUT2D eigenvalue weighted by Gasteiger charge is -2.19. The van der Waals surface area contributed by atoms with Crippen LogP contribution in [-0.2, 0) is 23.2 Å². The lowest BCUT2D eigenvalue weighted by Crippen LogP contribution is -2.40. The van der Waals surface area contributed by atoms with E-state index in [2.05, 4.69) is 5.10 Å². The summed E-state index contributed by atoms with van der Waals surface area (Å²) in [5.74, 6) is -1.51. The molecule has 0 saturated heterocycles. The van der Waals surface area contributed by atoms with Crippen LogP contribution in [0.15, 0.2) is 11.1 Å². The van der Waals surface area contributed by atoms with Crippen LogP contribution in [0.25, 0.3) is 0 Å². The highest BCUT2D eigenvalue weighted by molar-refractivity contribution is 5.81. The summed E-state index contributed by atoms with van der Waals surface area (Å²) in [5.41, 5.74) is -0.407. The van der Waals surface area contributed by atoms with Gasteiger partial charge in [-0.3, -0.25) is 14.2 Å². The number of aliphatic carboxylic acids is 1. The van der Waals surface area contributed by atoms with E-state index in [4.69, 9.17) is 5.11 Å². The van der Waals surface area contributed by atoms with Crippen molar-refractivity contribution in [1.82, 2.24) is 19.2 Å². The van der Waals surface area contributed by atoms with E-state index < -0.39 is 17.6 Å². The zero-order valence-electron chi connectivity index (χ0n) is 10.4. The monoisotopic (exact) mass is 256 g/mol. The number of rotatable bonds is 6. The van der Waals surface area contributed by atoms with Gasteiger partial charge in [-0.05, 0) is 6.42 Å². The number of carbonyl (C=O) groups excluding carboxylic acids is 1. The molecule has 0 aliphatic carbocycles. The molecule has 18 heavy (non-hydrogen) atoms. The number of amides is 1. The largest absolute Gasteiger partial charge is 0.480 e. The number of hydrogen-bond acceptors (Lipinski definition) is 4. The predicted molar refractivity (Wildman–Crippen MR) is 62.0 cm³/mol. The molecule has 1 aromatic rings. The summed E-state index contributed by atoms with van der Waals surface area (Å²) < 4.78 is 2.25. The lowest BCUT2D eigenvalue weighted by atomic mass is 10.3. The Morgan fingerprint density at radius 3 is 2.61 bits per heavy atom. The second-order valence-corrected chi connectivity index (χ2v) is 3.89. The van der Waals surface area contributed by atoms with Gasteiger partial charge in [0.1, 0.15) is 19.4 Å². The van der Waals surface area contributed by atoms with E-state index in [0.29, 0.717) is 13.0 Å². The molecule has 1 aromatic heterocycles. The molecule has 1 N–H and O–H groups in total. The normalized spacial score (nSPS) is 10.3. The molecule has 0 aliphatic rings. The van der Waals surface area contributed by atoms with Crippen LogP contribution in [0.5, 0.6) is 0 Å². The third kappa shape index (κ3) is 3.44. The first-order chi connectivity index (χ1) is 8.45. The molecule has 0 aromatic carbocycles. The maximum atomic E-state index is 11.9. The van der Waals surface area contributed by atoms with Crippen molar-refractivity contribution in [3.63, 3.8) is 0 Å². The third-order valence-electron chi connectivity index (χ3n) is 2.34. The van der Waals surface area contributed by atoms with Crippen LogP contribution in [0, 0.1) is 0 Å². The molecule has 0 atom stereocenters. The highest BCUT2D eigenvalue weighted by atomic mass is 16.4. The Labute approximate surface area is 103 Å². The van der Waals surface area contributed by atoms with Crippen molar-refractivity contribution in [1.29, 1.82) is 0 Å². The first-order valence-electron chi connectivity index (χ1n) is 5.53. The SMILES string of the molecule is CCCN(CC(=O)O)C(=O)Cn1ncn(C)c1=O. The maximum absolute atomic E-state index is 11.9. The zero-order chi connectivity index (χ0) is 13.7. The fraction of sp³-hybridized carbons (Fsp3) is 0.600. The topological polar surface area (TPSA) is 97.4 Å². The molecule has 0 bridgehead atoms. The summed E-state index contributed by atoms with van der Waals surface area (Å²) in [5, 5.41) is 12.5. The summed E-state index contributed by atoms with van der Waals surface area (Å²) >= 11 is 0. The minimum atomic E-state index is -1.08. The Morgan fingerprint density at radius 2 is 2.17 bits per heavy atom. The quantitative estimate of drug-likeness (QED) is 0.697. The van der Waals surface area contributed by atoms with Crippen molar-refractivity contribution in [2.75, 3.05) is 13.1 Å². The molecule has 8 nitrogen and oxygen atoms in total. The zero-order valence-corrected chi connectivity index (χ0v) is 10.4. The molecule has 1 amide bonds. The van der Waals surface area contributed by atoms with Crippen molar-refractivity contribution >= 4 is 11.9 Å². The second-order valence-electron chi connectivity index (χ2n) is 3.89. The molecule has 8 heteroatoms. The van der Waals surface area contributed by atoms with Crippen molar-refractivity contribution in [3.05, 3.63) is 16.8 Å². The van der Waals surface area contributed by atoms with Gasteiger partial charge in [-0.2, -0.15) is 5.10 Å². The number of nitrogens with zero attached hydrogens (tertiary/aromatic N) is 4. The van der Waals surface area contributed by atoms with Gasteiger partial charge in [-0.15, -0.1) is 0 Å². The smallest absolute Gasteiger partial charge is 0.345 e. The van der Waals surface area contributed by atoms with E-state index in [-0.39, 0.29) is 13.1 Å². The van der Waals surface area contributed by atoms with Crippen molar-refractivity contribution < 1.29 is 14.7 Å². The van der Waals surface area contributed by atoms with Crippen molar-refractivity contribution in [3.8, 4) is 0 Å². The first-order valence-corrected chi connectivity index (χ1v) is 5.53. The van der Waals surface area contributed by atoms with Gasteiger partial charge in [0.15, 0.2) is 0 Å². The van der Waals surface area contributed by atoms with Crippen molar-refractivity contribution in [2.45, 2.75) is 19.9 Å². The predicted octanol–water partition coefficient (Wildman–Crippen LogP) is -1.09. The van der Waals surface area contributed by atoms with Crippen LogP contribution in [0.3, 0.4) is 0 Å². The average Bonchev–Trinajstić information content (AvgIpc) is 2.60. The Morgan fingerprint density at radius 1 is 1.50 bits per heavy atom. The van der Waals surface area contributed by atoms with E-state index >= 15 is 0 Å². The number of carboxylic acid groups (broad SMARTS) is 1. The van der Waals surface area contributed by atoms with Crippen LogP contribution >= 0.6 is 0 Å². The minimum absolute atomic E-state index is 0.243. The van der Waals surface area contributed by atoms with Gasteiger partial charge in [0.2, 0.25) is 5.91 Å². The van der Waals surface area contributed by atoms with E-state index in [1.54, 1.807) is 0 Å². The number of carboxylic acids is 1. The Bertz CT molecular complexity index is 490. The van der Waals surface area contributed by atoms with Crippen LogP contribution in [0.2, 0.25) is 0 Å². The van der Waals surface area contributed by atoms with Crippen LogP contribution in [0.1, 0.15) is 13.3 Å². The number of hydrogen-bond donors (Lipinski definition) is 1. The summed E-state index contributed by atoms with van der Waals surface area (Å²) in [6.07, 6.45) is 1.95. The second kappa shape index (κ2) is 5.99. The van der Waals surface area contributed by atoms with Gasteiger partial charge in [-0.1, -0.05) is 6.92 Å². The van der Waals surface area contributed by atoms with Gasteiger partial charge in [0.25, 0.3) is 0 Å². The minimum Gasteiger partial charge on any atom is -0.480 e. The standard InChI is InChI=1S/C10H16N4O4/c1-3-4-13(6-9(16)17)8(15)5-14-10(18)12(2)7-11-14/h7H,3-6H2,1-2H3,(H,16,17). The number of carbonyl (C=O) groups is 2. The summed E-state index contributed by atoms with van der Waals surface area (Å²) in [6, 6.07) is 0. The fourth-order valence-electron chi connectivity index (χ4n) is 1.48. The fourth-order valence-corrected chi connectivity index (χ4v) is 1.48. The molecular weight excluding hydrogens is 240 g/mol. The van der Waals surface area contributed by atoms with Gasteiger partial charge in [-0.25, -0.2) is 9.48 Å². The van der Waals surface area contributed by atoms with Crippen LogP contribution in [-0.4, -0.2) is 49.3 Å². The number of aryl methyl sites for hydroxylation is 1. The highest BCUT2D eigenvalue weighted by Crippen LogP contribution is 1.95. The molecule has 1 heterocycles. The molecular formula is C10H16N4O4. The molecule has 0 aliphatic heterocycles. The molecule has 0 fully saturated rings. The highest BCUT2D eigenvalue weighted by Gasteiger charge is 2.17.